The zero-order valence-electron chi connectivity index (χ0n) is 9.48. The van der Waals surface area contributed by atoms with Gasteiger partial charge in [0.1, 0.15) is 5.76 Å². The van der Waals surface area contributed by atoms with Gasteiger partial charge in [0.2, 0.25) is 0 Å². The summed E-state index contributed by atoms with van der Waals surface area (Å²) in [6.07, 6.45) is 1.16. The highest BCUT2D eigenvalue weighted by atomic mass is 35.5. The van der Waals surface area contributed by atoms with Crippen molar-refractivity contribution in [2.45, 2.75) is 32.4 Å². The SMILES string of the molecule is Cc1ccc(-c2nc(Cl)c3n2CC(O)CC3)o1. The van der Waals surface area contributed by atoms with Crippen LogP contribution in [0, 0.1) is 6.92 Å². The van der Waals surface area contributed by atoms with Crippen molar-refractivity contribution in [1.82, 2.24) is 9.55 Å². The molecule has 4 nitrogen and oxygen atoms in total. The minimum Gasteiger partial charge on any atom is -0.458 e. The maximum Gasteiger partial charge on any atom is 0.178 e. The maximum atomic E-state index is 9.72. The average Bonchev–Trinajstić information content (AvgIpc) is 2.83. The molecule has 0 saturated heterocycles. The van der Waals surface area contributed by atoms with E-state index in [2.05, 4.69) is 4.98 Å². The van der Waals surface area contributed by atoms with Crippen LogP contribution in [-0.4, -0.2) is 20.8 Å². The normalized spacial score (nSPS) is 19.4. The Hall–Kier alpha value is -1.26. The van der Waals surface area contributed by atoms with Gasteiger partial charge in [-0.3, -0.25) is 0 Å². The van der Waals surface area contributed by atoms with Crippen molar-refractivity contribution in [1.29, 1.82) is 0 Å². The number of aryl methyl sites for hydroxylation is 1. The van der Waals surface area contributed by atoms with E-state index in [-0.39, 0.29) is 6.10 Å². The molecule has 1 aliphatic rings. The monoisotopic (exact) mass is 252 g/mol. The highest BCUT2D eigenvalue weighted by molar-refractivity contribution is 6.30. The molecule has 90 valence electrons. The van der Waals surface area contributed by atoms with Crippen molar-refractivity contribution in [3.05, 3.63) is 28.7 Å². The summed E-state index contributed by atoms with van der Waals surface area (Å²) in [5.41, 5.74) is 0.987. The van der Waals surface area contributed by atoms with Gasteiger partial charge in [-0.1, -0.05) is 11.6 Å². The van der Waals surface area contributed by atoms with Crippen molar-refractivity contribution >= 4 is 11.6 Å². The number of rotatable bonds is 1. The Kier molecular flexibility index (Phi) is 2.49. The second-order valence-corrected chi connectivity index (χ2v) is 4.74. The number of imidazole rings is 1. The summed E-state index contributed by atoms with van der Waals surface area (Å²) in [7, 11) is 0. The standard InChI is InChI=1S/C12H13ClN2O2/c1-7-2-5-10(17-7)12-14-11(13)9-4-3-8(16)6-15(9)12/h2,5,8,16H,3-4,6H2,1H3. The minimum absolute atomic E-state index is 0.331. The molecule has 2 aromatic heterocycles. The third kappa shape index (κ3) is 1.77. The van der Waals surface area contributed by atoms with E-state index in [1.54, 1.807) is 0 Å². The largest absolute Gasteiger partial charge is 0.458 e. The van der Waals surface area contributed by atoms with Gasteiger partial charge in [-0.2, -0.15) is 0 Å². The zero-order chi connectivity index (χ0) is 12.0. The van der Waals surface area contributed by atoms with E-state index in [0.717, 1.165) is 24.3 Å². The number of hydrogen-bond acceptors (Lipinski definition) is 3. The molecule has 0 amide bonds. The number of fused-ring (bicyclic) bond motifs is 1. The van der Waals surface area contributed by atoms with Crippen LogP contribution in [0.5, 0.6) is 0 Å². The van der Waals surface area contributed by atoms with Crippen LogP contribution in [0.4, 0.5) is 0 Å². The third-order valence-electron chi connectivity index (χ3n) is 3.09. The van der Waals surface area contributed by atoms with E-state index in [9.17, 15) is 5.11 Å². The van der Waals surface area contributed by atoms with Gasteiger partial charge < -0.3 is 14.1 Å². The Morgan fingerprint density at radius 2 is 2.35 bits per heavy atom. The number of aliphatic hydroxyl groups excluding tert-OH is 1. The number of hydrogen-bond donors (Lipinski definition) is 1. The van der Waals surface area contributed by atoms with Gasteiger partial charge in [-0.05, 0) is 31.9 Å². The summed E-state index contributed by atoms with van der Waals surface area (Å²) >= 11 is 6.11. The number of halogens is 1. The van der Waals surface area contributed by atoms with Crippen molar-refractivity contribution in [2.75, 3.05) is 0 Å². The number of furan rings is 1. The number of aromatic nitrogens is 2. The molecule has 0 radical (unpaired) electrons. The molecule has 0 bridgehead atoms. The Bertz CT molecular complexity index is 559. The van der Waals surface area contributed by atoms with E-state index >= 15 is 0 Å². The van der Waals surface area contributed by atoms with Crippen LogP contribution in [0.15, 0.2) is 16.5 Å². The second kappa shape index (κ2) is 3.89. The lowest BCUT2D eigenvalue weighted by atomic mass is 10.1. The maximum absolute atomic E-state index is 9.72. The third-order valence-corrected chi connectivity index (χ3v) is 3.39. The summed E-state index contributed by atoms with van der Waals surface area (Å²) < 4.78 is 7.51. The van der Waals surface area contributed by atoms with Crippen molar-refractivity contribution in [3.8, 4) is 11.6 Å². The predicted molar refractivity (Wildman–Crippen MR) is 64.0 cm³/mol. The van der Waals surface area contributed by atoms with Crippen LogP contribution in [0.25, 0.3) is 11.6 Å². The van der Waals surface area contributed by atoms with Gasteiger partial charge in [-0.15, -0.1) is 0 Å². The molecule has 1 aliphatic heterocycles. The Labute approximate surface area is 104 Å². The molecule has 1 atom stereocenters. The molecule has 2 aromatic rings. The lowest BCUT2D eigenvalue weighted by Gasteiger charge is -2.21. The molecule has 5 heteroatoms. The van der Waals surface area contributed by atoms with Gasteiger partial charge in [0, 0.05) is 0 Å². The summed E-state index contributed by atoms with van der Waals surface area (Å²) in [6.45, 7) is 2.42. The molecule has 1 N–H and O–H groups in total. The average molecular weight is 253 g/mol. The lowest BCUT2D eigenvalue weighted by molar-refractivity contribution is 0.132. The van der Waals surface area contributed by atoms with Crippen LogP contribution in [-0.2, 0) is 13.0 Å². The second-order valence-electron chi connectivity index (χ2n) is 4.39. The van der Waals surface area contributed by atoms with Gasteiger partial charge in [0.05, 0.1) is 18.3 Å². The molecular weight excluding hydrogens is 240 g/mol. The quantitative estimate of drug-likeness (QED) is 0.848. The van der Waals surface area contributed by atoms with Crippen LogP contribution >= 0.6 is 11.6 Å². The highest BCUT2D eigenvalue weighted by Crippen LogP contribution is 2.30. The molecule has 1 unspecified atom stereocenters. The van der Waals surface area contributed by atoms with Crippen molar-refractivity contribution in [2.24, 2.45) is 0 Å². The van der Waals surface area contributed by atoms with Crippen molar-refractivity contribution in [3.63, 3.8) is 0 Å². The summed E-state index contributed by atoms with van der Waals surface area (Å²) in [5.74, 6) is 2.24. The van der Waals surface area contributed by atoms with E-state index in [4.69, 9.17) is 16.0 Å². The molecule has 0 spiro atoms. The van der Waals surface area contributed by atoms with Gasteiger partial charge in [0.25, 0.3) is 0 Å². The molecule has 0 saturated carbocycles. The first-order valence-corrected chi connectivity index (χ1v) is 6.02. The van der Waals surface area contributed by atoms with Crippen LogP contribution in [0.2, 0.25) is 5.15 Å². The lowest BCUT2D eigenvalue weighted by Crippen LogP contribution is -2.24. The number of aliphatic hydroxyl groups is 1. The fourth-order valence-corrected chi connectivity index (χ4v) is 2.52. The fourth-order valence-electron chi connectivity index (χ4n) is 2.24. The molecule has 0 fully saturated rings. The Morgan fingerprint density at radius 1 is 1.53 bits per heavy atom. The topological polar surface area (TPSA) is 51.2 Å². The zero-order valence-corrected chi connectivity index (χ0v) is 10.2. The minimum atomic E-state index is -0.331. The van der Waals surface area contributed by atoms with Crippen LogP contribution in [0.1, 0.15) is 17.9 Å². The first-order chi connectivity index (χ1) is 8.15. The molecule has 3 rings (SSSR count). The van der Waals surface area contributed by atoms with Gasteiger partial charge in [-0.25, -0.2) is 4.98 Å². The van der Waals surface area contributed by atoms with Gasteiger partial charge >= 0.3 is 0 Å². The Morgan fingerprint density at radius 3 is 3.06 bits per heavy atom. The smallest absolute Gasteiger partial charge is 0.178 e. The predicted octanol–water partition coefficient (Wildman–Crippen LogP) is 2.41. The van der Waals surface area contributed by atoms with E-state index in [1.807, 2.05) is 23.6 Å². The molecule has 17 heavy (non-hydrogen) atoms. The number of nitrogens with zero attached hydrogens (tertiary/aromatic N) is 2. The summed E-state index contributed by atoms with van der Waals surface area (Å²) in [6, 6.07) is 3.77. The fraction of sp³-hybridized carbons (Fsp3) is 0.417. The van der Waals surface area contributed by atoms with Crippen LogP contribution in [0.3, 0.4) is 0 Å². The highest BCUT2D eigenvalue weighted by Gasteiger charge is 2.25. The molecule has 0 aliphatic carbocycles. The molecule has 0 aromatic carbocycles. The molecule has 3 heterocycles. The first kappa shape index (κ1) is 10.9. The van der Waals surface area contributed by atoms with Crippen molar-refractivity contribution < 1.29 is 9.52 Å². The Balaban J connectivity index is 2.12. The van der Waals surface area contributed by atoms with Gasteiger partial charge in [0.15, 0.2) is 16.7 Å². The summed E-state index contributed by atoms with van der Waals surface area (Å²) in [4.78, 5) is 4.33. The summed E-state index contributed by atoms with van der Waals surface area (Å²) in [5, 5.41) is 10.2. The van der Waals surface area contributed by atoms with E-state index in [0.29, 0.717) is 23.3 Å². The van der Waals surface area contributed by atoms with Crippen LogP contribution < -0.4 is 0 Å². The van der Waals surface area contributed by atoms with E-state index in [1.165, 1.54) is 0 Å². The molecular formula is C12H13ClN2O2. The first-order valence-electron chi connectivity index (χ1n) is 5.65. The van der Waals surface area contributed by atoms with E-state index < -0.39 is 0 Å².